The highest BCUT2D eigenvalue weighted by Crippen LogP contribution is 2.36. The zero-order chi connectivity index (χ0) is 16.7. The topological polar surface area (TPSA) is 42.2 Å². The Hall–Kier alpha value is -1.91. The molecule has 3 aromatic rings. The number of halogens is 1. The Balaban J connectivity index is 1.65. The van der Waals surface area contributed by atoms with Crippen LogP contribution in [0.25, 0.3) is 11.0 Å². The molecule has 4 rings (SSSR count). The first-order valence-electron chi connectivity index (χ1n) is 7.85. The second-order valence-corrected chi connectivity index (χ2v) is 7.47. The van der Waals surface area contributed by atoms with Crippen molar-refractivity contribution in [3.63, 3.8) is 0 Å². The van der Waals surface area contributed by atoms with E-state index < -0.39 is 0 Å². The second-order valence-electron chi connectivity index (χ2n) is 5.90. The van der Waals surface area contributed by atoms with E-state index in [1.54, 1.807) is 12.1 Å². The van der Waals surface area contributed by atoms with Crippen molar-refractivity contribution in [3.8, 4) is 0 Å². The molecule has 0 saturated heterocycles. The molecule has 0 fully saturated rings. The average Bonchev–Trinajstić information content (AvgIpc) is 2.92. The Morgan fingerprint density at radius 3 is 3.00 bits per heavy atom. The van der Waals surface area contributed by atoms with Crippen molar-refractivity contribution in [1.82, 2.24) is 5.32 Å². The number of nitrogens with one attached hydrogen (secondary N) is 1. The van der Waals surface area contributed by atoms with Gasteiger partial charge in [-0.05, 0) is 43.2 Å². The summed E-state index contributed by atoms with van der Waals surface area (Å²) in [4.78, 5) is 14.0. The minimum absolute atomic E-state index is 0.0196. The van der Waals surface area contributed by atoms with E-state index >= 15 is 0 Å². The Kier molecular flexibility index (Phi) is 4.02. The van der Waals surface area contributed by atoms with Crippen LogP contribution in [0.15, 0.2) is 51.8 Å². The van der Waals surface area contributed by atoms with Crippen LogP contribution >= 0.6 is 23.4 Å². The number of benzene rings is 2. The molecule has 0 radical (unpaired) electrons. The third-order valence-corrected chi connectivity index (χ3v) is 5.73. The lowest BCUT2D eigenvalue weighted by atomic mass is 10.0. The van der Waals surface area contributed by atoms with Gasteiger partial charge >= 0.3 is 0 Å². The molecule has 0 bridgehead atoms. The number of fused-ring (bicyclic) bond motifs is 2. The van der Waals surface area contributed by atoms with Gasteiger partial charge in [-0.1, -0.05) is 29.8 Å². The summed E-state index contributed by atoms with van der Waals surface area (Å²) in [5, 5.41) is 4.65. The SMILES string of the molecule is Cc1c(C(=O)NC2CCSc3ccccc32)oc2ccc(Cl)cc12. The Morgan fingerprint density at radius 2 is 2.12 bits per heavy atom. The number of furan rings is 1. The fourth-order valence-corrected chi connectivity index (χ4v) is 4.42. The number of carbonyl (C=O) groups is 1. The lowest BCUT2D eigenvalue weighted by Crippen LogP contribution is -2.30. The van der Waals surface area contributed by atoms with Crippen molar-refractivity contribution in [3.05, 3.63) is 64.4 Å². The van der Waals surface area contributed by atoms with Gasteiger partial charge < -0.3 is 9.73 Å². The third kappa shape index (κ3) is 2.70. The highest BCUT2D eigenvalue weighted by Gasteiger charge is 2.25. The van der Waals surface area contributed by atoms with Crippen LogP contribution in [0.1, 0.15) is 34.1 Å². The Morgan fingerprint density at radius 1 is 1.29 bits per heavy atom. The summed E-state index contributed by atoms with van der Waals surface area (Å²) >= 11 is 7.88. The highest BCUT2D eigenvalue weighted by molar-refractivity contribution is 7.99. The van der Waals surface area contributed by atoms with Gasteiger partial charge in [-0.2, -0.15) is 0 Å². The normalized spacial score (nSPS) is 16.8. The third-order valence-electron chi connectivity index (χ3n) is 4.37. The average molecular weight is 358 g/mol. The van der Waals surface area contributed by atoms with Gasteiger partial charge in [0.25, 0.3) is 5.91 Å². The molecule has 2 aromatic carbocycles. The maximum Gasteiger partial charge on any atom is 0.287 e. The number of hydrogen-bond donors (Lipinski definition) is 1. The summed E-state index contributed by atoms with van der Waals surface area (Å²) in [6.45, 7) is 1.89. The summed E-state index contributed by atoms with van der Waals surface area (Å²) in [5.41, 5.74) is 2.68. The minimum Gasteiger partial charge on any atom is -0.451 e. The summed E-state index contributed by atoms with van der Waals surface area (Å²) in [6.07, 6.45) is 0.915. The maximum absolute atomic E-state index is 12.8. The van der Waals surface area contributed by atoms with Gasteiger partial charge in [0.1, 0.15) is 5.58 Å². The zero-order valence-corrected chi connectivity index (χ0v) is 14.7. The first-order valence-corrected chi connectivity index (χ1v) is 9.21. The smallest absolute Gasteiger partial charge is 0.287 e. The Labute approximate surface area is 149 Å². The molecule has 1 aliphatic rings. The molecule has 24 heavy (non-hydrogen) atoms. The van der Waals surface area contributed by atoms with Gasteiger partial charge in [-0.15, -0.1) is 11.8 Å². The molecule has 122 valence electrons. The predicted molar refractivity (Wildman–Crippen MR) is 98.0 cm³/mol. The first-order chi connectivity index (χ1) is 11.6. The number of rotatable bonds is 2. The minimum atomic E-state index is -0.175. The van der Waals surface area contributed by atoms with Gasteiger partial charge in [0.05, 0.1) is 6.04 Å². The highest BCUT2D eigenvalue weighted by atomic mass is 35.5. The first kappa shape index (κ1) is 15.6. The summed E-state index contributed by atoms with van der Waals surface area (Å²) in [7, 11) is 0. The van der Waals surface area contributed by atoms with Crippen molar-refractivity contribution in [1.29, 1.82) is 0 Å². The molecule has 1 amide bonds. The fourth-order valence-electron chi connectivity index (χ4n) is 3.13. The molecular weight excluding hydrogens is 342 g/mol. The largest absolute Gasteiger partial charge is 0.451 e. The van der Waals surface area contributed by atoms with E-state index in [9.17, 15) is 4.79 Å². The molecule has 2 heterocycles. The molecule has 1 atom stereocenters. The zero-order valence-electron chi connectivity index (χ0n) is 13.1. The van der Waals surface area contributed by atoms with E-state index in [1.165, 1.54) is 10.5 Å². The van der Waals surface area contributed by atoms with E-state index in [0.717, 1.165) is 23.1 Å². The van der Waals surface area contributed by atoms with Crippen LogP contribution in [0.5, 0.6) is 0 Å². The number of amides is 1. The predicted octanol–water partition coefficient (Wildman–Crippen LogP) is 5.36. The quantitative estimate of drug-likeness (QED) is 0.671. The van der Waals surface area contributed by atoms with Crippen LogP contribution < -0.4 is 5.32 Å². The Bertz CT molecular complexity index is 934. The number of hydrogen-bond acceptors (Lipinski definition) is 3. The lowest BCUT2D eigenvalue weighted by molar-refractivity contribution is 0.0908. The molecule has 1 N–H and O–H groups in total. The van der Waals surface area contributed by atoms with Crippen molar-refractivity contribution < 1.29 is 9.21 Å². The summed E-state index contributed by atoms with van der Waals surface area (Å²) in [5.74, 6) is 1.19. The van der Waals surface area contributed by atoms with E-state index in [0.29, 0.717) is 16.4 Å². The molecule has 1 unspecified atom stereocenters. The molecule has 1 aromatic heterocycles. The van der Waals surface area contributed by atoms with Crippen LogP contribution in [-0.4, -0.2) is 11.7 Å². The van der Waals surface area contributed by atoms with Crippen LogP contribution in [0.3, 0.4) is 0 Å². The summed E-state index contributed by atoms with van der Waals surface area (Å²) in [6, 6.07) is 13.6. The standard InChI is InChI=1S/C19H16ClNO2S/c1-11-14-10-12(20)6-7-16(14)23-18(11)19(22)21-15-8-9-24-17-5-3-2-4-13(15)17/h2-7,10,15H,8-9H2,1H3,(H,21,22). The van der Waals surface area contributed by atoms with Gasteiger partial charge in [-0.3, -0.25) is 4.79 Å². The van der Waals surface area contributed by atoms with Crippen molar-refractivity contribution >= 4 is 40.2 Å². The molecule has 0 saturated carbocycles. The molecule has 5 heteroatoms. The number of thioether (sulfide) groups is 1. The lowest BCUT2D eigenvalue weighted by Gasteiger charge is -2.25. The van der Waals surface area contributed by atoms with Gasteiger partial charge in [0.2, 0.25) is 0 Å². The van der Waals surface area contributed by atoms with Crippen molar-refractivity contribution in [2.75, 3.05) is 5.75 Å². The van der Waals surface area contributed by atoms with Crippen LogP contribution in [0, 0.1) is 6.92 Å². The van der Waals surface area contributed by atoms with Crippen molar-refractivity contribution in [2.24, 2.45) is 0 Å². The second kappa shape index (κ2) is 6.19. The van der Waals surface area contributed by atoms with Crippen LogP contribution in [-0.2, 0) is 0 Å². The van der Waals surface area contributed by atoms with Gasteiger partial charge in [-0.25, -0.2) is 0 Å². The van der Waals surface area contributed by atoms with Gasteiger partial charge in [0.15, 0.2) is 5.76 Å². The molecule has 0 spiro atoms. The van der Waals surface area contributed by atoms with Crippen LogP contribution in [0.2, 0.25) is 5.02 Å². The monoisotopic (exact) mass is 357 g/mol. The fraction of sp³-hybridized carbons (Fsp3) is 0.211. The van der Waals surface area contributed by atoms with E-state index in [4.69, 9.17) is 16.0 Å². The van der Waals surface area contributed by atoms with E-state index in [-0.39, 0.29) is 11.9 Å². The molecular formula is C19H16ClNO2S. The molecule has 0 aliphatic carbocycles. The van der Waals surface area contributed by atoms with Crippen molar-refractivity contribution in [2.45, 2.75) is 24.3 Å². The van der Waals surface area contributed by atoms with Gasteiger partial charge in [0, 0.05) is 26.6 Å². The van der Waals surface area contributed by atoms with E-state index in [2.05, 4.69) is 17.4 Å². The number of aryl methyl sites for hydroxylation is 1. The maximum atomic E-state index is 12.8. The number of carbonyl (C=O) groups excluding carboxylic acids is 1. The molecule has 1 aliphatic heterocycles. The summed E-state index contributed by atoms with van der Waals surface area (Å²) < 4.78 is 5.77. The van der Waals surface area contributed by atoms with Crippen LogP contribution in [0.4, 0.5) is 0 Å². The molecule has 3 nitrogen and oxygen atoms in total. The van der Waals surface area contributed by atoms with E-state index in [1.807, 2.05) is 36.9 Å².